The van der Waals surface area contributed by atoms with Gasteiger partial charge in [-0.3, -0.25) is 4.79 Å². The van der Waals surface area contributed by atoms with Gasteiger partial charge in [-0.1, -0.05) is 12.8 Å². The number of carbonyl (C=O) groups excluding carboxylic acids is 1. The molecule has 0 radical (unpaired) electrons. The lowest BCUT2D eigenvalue weighted by Gasteiger charge is -2.20. The van der Waals surface area contributed by atoms with Crippen molar-refractivity contribution >= 4 is 5.91 Å². The lowest BCUT2D eigenvalue weighted by atomic mass is 10.2. The molecule has 0 aromatic carbocycles. The summed E-state index contributed by atoms with van der Waals surface area (Å²) in [5.41, 5.74) is 5.55. The van der Waals surface area contributed by atoms with Crippen molar-refractivity contribution in [2.45, 2.75) is 50.7 Å². The Bertz CT molecular complexity index is 278. The second-order valence-electron chi connectivity index (χ2n) is 5.61. The second kappa shape index (κ2) is 7.82. The molecule has 0 saturated carbocycles. The van der Waals surface area contributed by atoms with Crippen LogP contribution in [0.1, 0.15) is 38.5 Å². The minimum atomic E-state index is -0.280. The topological polar surface area (TPSA) is 67.6 Å². The molecule has 19 heavy (non-hydrogen) atoms. The minimum absolute atomic E-state index is 0.0331. The summed E-state index contributed by atoms with van der Waals surface area (Å²) in [4.78, 5) is 14.4. The normalized spacial score (nSPS) is 29.1. The Kier molecular flexibility index (Phi) is 6.07. The molecule has 2 aliphatic heterocycles. The molecule has 2 unspecified atom stereocenters. The Balaban J connectivity index is 1.61. The van der Waals surface area contributed by atoms with Gasteiger partial charge in [-0.2, -0.15) is 0 Å². The summed E-state index contributed by atoms with van der Waals surface area (Å²) in [6.45, 7) is 4.54. The standard InChI is InChI=1S/C14H27N3O2/c15-11-12-5-6-13(19-12)14(18)16-7-10-17-8-3-1-2-4-9-17/h12-13H,1-11,15H2,(H,16,18). The van der Waals surface area contributed by atoms with E-state index in [2.05, 4.69) is 10.2 Å². The Hall–Kier alpha value is -0.650. The van der Waals surface area contributed by atoms with Crippen LogP contribution < -0.4 is 11.1 Å². The number of hydrogen-bond donors (Lipinski definition) is 2. The SMILES string of the molecule is NCC1CCC(C(=O)NCCN2CCCCCC2)O1. The van der Waals surface area contributed by atoms with Crippen LogP contribution in [0.2, 0.25) is 0 Å². The van der Waals surface area contributed by atoms with Crippen LogP contribution >= 0.6 is 0 Å². The lowest BCUT2D eigenvalue weighted by Crippen LogP contribution is -2.40. The molecule has 110 valence electrons. The van der Waals surface area contributed by atoms with Gasteiger partial charge < -0.3 is 20.7 Å². The molecule has 1 amide bonds. The number of ether oxygens (including phenoxy) is 1. The van der Waals surface area contributed by atoms with Gasteiger partial charge in [-0.05, 0) is 38.8 Å². The summed E-state index contributed by atoms with van der Waals surface area (Å²) in [7, 11) is 0. The summed E-state index contributed by atoms with van der Waals surface area (Å²) in [6, 6.07) is 0. The molecule has 2 heterocycles. The Morgan fingerprint density at radius 1 is 1.21 bits per heavy atom. The molecule has 5 nitrogen and oxygen atoms in total. The molecule has 2 fully saturated rings. The van der Waals surface area contributed by atoms with Crippen LogP contribution in [-0.2, 0) is 9.53 Å². The van der Waals surface area contributed by atoms with Gasteiger partial charge in [0.25, 0.3) is 0 Å². The molecule has 5 heteroatoms. The first kappa shape index (κ1) is 14.8. The number of rotatable bonds is 5. The van der Waals surface area contributed by atoms with Crippen LogP contribution in [0.5, 0.6) is 0 Å². The van der Waals surface area contributed by atoms with E-state index in [0.717, 1.165) is 25.9 Å². The van der Waals surface area contributed by atoms with Crippen LogP contribution in [0.4, 0.5) is 0 Å². The van der Waals surface area contributed by atoms with Crippen molar-refractivity contribution in [1.82, 2.24) is 10.2 Å². The van der Waals surface area contributed by atoms with Gasteiger partial charge in [-0.25, -0.2) is 0 Å². The predicted molar refractivity (Wildman–Crippen MR) is 74.9 cm³/mol. The molecular weight excluding hydrogens is 242 g/mol. The Morgan fingerprint density at radius 3 is 2.58 bits per heavy atom. The molecule has 0 aromatic heterocycles. The number of carbonyl (C=O) groups is 1. The van der Waals surface area contributed by atoms with Crippen molar-refractivity contribution in [2.75, 3.05) is 32.7 Å². The lowest BCUT2D eigenvalue weighted by molar-refractivity contribution is -0.131. The first-order chi connectivity index (χ1) is 9.29. The smallest absolute Gasteiger partial charge is 0.249 e. The summed E-state index contributed by atoms with van der Waals surface area (Å²) in [5.74, 6) is 0.0331. The predicted octanol–water partition coefficient (Wildman–Crippen LogP) is 0.485. The van der Waals surface area contributed by atoms with E-state index in [9.17, 15) is 4.79 Å². The number of hydrogen-bond acceptors (Lipinski definition) is 4. The molecule has 2 aliphatic rings. The third-order valence-corrected chi connectivity index (χ3v) is 4.09. The fourth-order valence-electron chi connectivity index (χ4n) is 2.88. The van der Waals surface area contributed by atoms with Crippen LogP contribution in [0.15, 0.2) is 0 Å². The van der Waals surface area contributed by atoms with Crippen LogP contribution in [0.25, 0.3) is 0 Å². The molecule has 0 aliphatic carbocycles. The van der Waals surface area contributed by atoms with E-state index < -0.39 is 0 Å². The zero-order chi connectivity index (χ0) is 13.5. The third-order valence-electron chi connectivity index (χ3n) is 4.09. The average Bonchev–Trinajstić information content (AvgIpc) is 2.76. The first-order valence-electron chi connectivity index (χ1n) is 7.65. The van der Waals surface area contributed by atoms with Gasteiger partial charge in [0.1, 0.15) is 6.10 Å². The fourth-order valence-corrected chi connectivity index (χ4v) is 2.88. The van der Waals surface area contributed by atoms with E-state index in [0.29, 0.717) is 6.54 Å². The molecule has 2 rings (SSSR count). The van der Waals surface area contributed by atoms with E-state index in [4.69, 9.17) is 10.5 Å². The third kappa shape index (κ3) is 4.75. The van der Waals surface area contributed by atoms with Crippen LogP contribution in [-0.4, -0.2) is 55.7 Å². The molecule has 2 saturated heterocycles. The summed E-state index contributed by atoms with van der Waals surface area (Å²) >= 11 is 0. The highest BCUT2D eigenvalue weighted by Gasteiger charge is 2.29. The van der Waals surface area contributed by atoms with Crippen LogP contribution in [0.3, 0.4) is 0 Å². The van der Waals surface area contributed by atoms with Crippen molar-refractivity contribution in [1.29, 1.82) is 0 Å². The second-order valence-corrected chi connectivity index (χ2v) is 5.61. The number of amides is 1. The van der Waals surface area contributed by atoms with Gasteiger partial charge in [0, 0.05) is 19.6 Å². The molecule has 0 spiro atoms. The summed E-state index contributed by atoms with van der Waals surface area (Å²) in [5, 5.41) is 2.99. The van der Waals surface area contributed by atoms with Crippen molar-refractivity contribution in [3.05, 3.63) is 0 Å². The maximum absolute atomic E-state index is 11.9. The number of nitrogens with one attached hydrogen (secondary N) is 1. The average molecular weight is 269 g/mol. The molecule has 0 aromatic rings. The zero-order valence-electron chi connectivity index (χ0n) is 11.8. The van der Waals surface area contributed by atoms with E-state index in [1.165, 1.54) is 38.8 Å². The molecule has 3 N–H and O–H groups in total. The number of nitrogens with zero attached hydrogens (tertiary/aromatic N) is 1. The van der Waals surface area contributed by atoms with Crippen molar-refractivity contribution in [3.63, 3.8) is 0 Å². The van der Waals surface area contributed by atoms with Gasteiger partial charge in [-0.15, -0.1) is 0 Å². The van der Waals surface area contributed by atoms with Gasteiger partial charge >= 0.3 is 0 Å². The quantitative estimate of drug-likeness (QED) is 0.762. The highest BCUT2D eigenvalue weighted by atomic mass is 16.5. The minimum Gasteiger partial charge on any atom is -0.364 e. The maximum atomic E-state index is 11.9. The Morgan fingerprint density at radius 2 is 1.95 bits per heavy atom. The zero-order valence-corrected chi connectivity index (χ0v) is 11.8. The molecule has 0 bridgehead atoms. The highest BCUT2D eigenvalue weighted by molar-refractivity contribution is 5.81. The number of likely N-dealkylation sites (tertiary alicyclic amines) is 1. The van der Waals surface area contributed by atoms with Crippen molar-refractivity contribution in [3.8, 4) is 0 Å². The largest absolute Gasteiger partial charge is 0.364 e. The van der Waals surface area contributed by atoms with Gasteiger partial charge in [0.2, 0.25) is 5.91 Å². The fraction of sp³-hybridized carbons (Fsp3) is 0.929. The maximum Gasteiger partial charge on any atom is 0.249 e. The summed E-state index contributed by atoms with van der Waals surface area (Å²) < 4.78 is 5.58. The van der Waals surface area contributed by atoms with E-state index in [1.807, 2.05) is 0 Å². The monoisotopic (exact) mass is 269 g/mol. The molecule has 2 atom stereocenters. The van der Waals surface area contributed by atoms with Crippen molar-refractivity contribution in [2.24, 2.45) is 5.73 Å². The summed E-state index contributed by atoms with van der Waals surface area (Å²) in [6.07, 6.45) is 6.77. The van der Waals surface area contributed by atoms with E-state index in [1.54, 1.807) is 0 Å². The van der Waals surface area contributed by atoms with E-state index in [-0.39, 0.29) is 18.1 Å². The van der Waals surface area contributed by atoms with Gasteiger partial charge in [0.05, 0.1) is 6.10 Å². The Labute approximate surface area is 115 Å². The highest BCUT2D eigenvalue weighted by Crippen LogP contribution is 2.18. The van der Waals surface area contributed by atoms with Crippen molar-refractivity contribution < 1.29 is 9.53 Å². The number of nitrogens with two attached hydrogens (primary N) is 1. The molecular formula is C14H27N3O2. The van der Waals surface area contributed by atoms with Crippen LogP contribution in [0, 0.1) is 0 Å². The first-order valence-corrected chi connectivity index (χ1v) is 7.65. The van der Waals surface area contributed by atoms with Gasteiger partial charge in [0.15, 0.2) is 0 Å². The van der Waals surface area contributed by atoms with E-state index >= 15 is 0 Å².